The zero-order valence-electron chi connectivity index (χ0n) is 9.01. The lowest BCUT2D eigenvalue weighted by atomic mass is 10.2. The third-order valence-electron chi connectivity index (χ3n) is 2.22. The molecular formula is C12H12N4. The molecule has 2 aromatic heterocycles. The molecule has 80 valence electrons. The molecule has 0 aliphatic heterocycles. The number of anilines is 1. The SMILES string of the molecule is CC#CCn1cncc1-c1ccc(N)nc1. The molecule has 0 saturated carbocycles. The van der Waals surface area contributed by atoms with Crippen LogP contribution in [0.25, 0.3) is 11.3 Å². The van der Waals surface area contributed by atoms with Crippen molar-refractivity contribution >= 4 is 5.82 Å². The van der Waals surface area contributed by atoms with Gasteiger partial charge in [0.2, 0.25) is 0 Å². The van der Waals surface area contributed by atoms with Gasteiger partial charge in [0.1, 0.15) is 5.82 Å². The summed E-state index contributed by atoms with van der Waals surface area (Å²) in [5.41, 5.74) is 7.53. The average Bonchev–Trinajstić information content (AvgIpc) is 2.75. The van der Waals surface area contributed by atoms with Crippen molar-refractivity contribution in [2.24, 2.45) is 0 Å². The van der Waals surface area contributed by atoms with Crippen molar-refractivity contribution in [3.63, 3.8) is 0 Å². The highest BCUT2D eigenvalue weighted by molar-refractivity contribution is 5.59. The maximum atomic E-state index is 5.54. The van der Waals surface area contributed by atoms with Gasteiger partial charge in [-0.2, -0.15) is 0 Å². The highest BCUT2D eigenvalue weighted by Crippen LogP contribution is 2.18. The molecule has 0 unspecified atom stereocenters. The first-order valence-corrected chi connectivity index (χ1v) is 4.93. The molecule has 0 fully saturated rings. The quantitative estimate of drug-likeness (QED) is 0.768. The van der Waals surface area contributed by atoms with Crippen molar-refractivity contribution in [2.45, 2.75) is 13.5 Å². The van der Waals surface area contributed by atoms with Crippen LogP contribution in [0.4, 0.5) is 5.82 Å². The van der Waals surface area contributed by atoms with Gasteiger partial charge in [-0.05, 0) is 19.1 Å². The van der Waals surface area contributed by atoms with Gasteiger partial charge in [-0.3, -0.25) is 0 Å². The Labute approximate surface area is 94.1 Å². The van der Waals surface area contributed by atoms with Crippen LogP contribution in [0.5, 0.6) is 0 Å². The molecule has 2 heterocycles. The van der Waals surface area contributed by atoms with Crippen LogP contribution in [-0.2, 0) is 6.54 Å². The lowest BCUT2D eigenvalue weighted by Crippen LogP contribution is -1.97. The van der Waals surface area contributed by atoms with Crippen molar-refractivity contribution in [1.82, 2.24) is 14.5 Å². The number of nitrogens with zero attached hydrogens (tertiary/aromatic N) is 3. The molecule has 0 amide bonds. The molecule has 0 aliphatic carbocycles. The summed E-state index contributed by atoms with van der Waals surface area (Å²) >= 11 is 0. The molecule has 4 heteroatoms. The smallest absolute Gasteiger partial charge is 0.123 e. The molecule has 0 saturated heterocycles. The van der Waals surface area contributed by atoms with Gasteiger partial charge in [0.25, 0.3) is 0 Å². The summed E-state index contributed by atoms with van der Waals surface area (Å²) in [5, 5.41) is 0. The standard InChI is InChI=1S/C12H12N4/c1-2-3-6-16-9-14-8-11(16)10-4-5-12(13)15-7-10/h4-5,7-9H,6H2,1H3,(H2,13,15). The minimum absolute atomic E-state index is 0.517. The number of hydrogen-bond donors (Lipinski definition) is 1. The molecule has 0 radical (unpaired) electrons. The van der Waals surface area contributed by atoms with E-state index in [9.17, 15) is 0 Å². The van der Waals surface area contributed by atoms with Crippen LogP contribution in [-0.4, -0.2) is 14.5 Å². The molecule has 2 rings (SSSR count). The monoisotopic (exact) mass is 212 g/mol. The van der Waals surface area contributed by atoms with Gasteiger partial charge in [0, 0.05) is 11.8 Å². The van der Waals surface area contributed by atoms with E-state index in [1.165, 1.54) is 0 Å². The van der Waals surface area contributed by atoms with E-state index >= 15 is 0 Å². The summed E-state index contributed by atoms with van der Waals surface area (Å²) in [7, 11) is 0. The number of pyridine rings is 1. The summed E-state index contributed by atoms with van der Waals surface area (Å²) < 4.78 is 1.98. The Morgan fingerprint density at radius 1 is 1.38 bits per heavy atom. The van der Waals surface area contributed by atoms with Gasteiger partial charge >= 0.3 is 0 Å². The predicted octanol–water partition coefficient (Wildman–Crippen LogP) is 1.55. The normalized spacial score (nSPS) is 9.56. The Bertz CT molecular complexity index is 528. The molecule has 2 aromatic rings. The number of aromatic nitrogens is 3. The molecular weight excluding hydrogens is 200 g/mol. The Morgan fingerprint density at radius 2 is 2.25 bits per heavy atom. The second-order valence-corrected chi connectivity index (χ2v) is 3.31. The first-order valence-electron chi connectivity index (χ1n) is 4.93. The molecule has 2 N–H and O–H groups in total. The van der Waals surface area contributed by atoms with Crippen LogP contribution in [0, 0.1) is 11.8 Å². The number of nitrogen functional groups attached to an aromatic ring is 1. The van der Waals surface area contributed by atoms with Crippen molar-refractivity contribution in [2.75, 3.05) is 5.73 Å². The van der Waals surface area contributed by atoms with Gasteiger partial charge in [0.05, 0.1) is 24.8 Å². The lowest BCUT2D eigenvalue weighted by Gasteiger charge is -2.04. The highest BCUT2D eigenvalue weighted by Gasteiger charge is 2.03. The van der Waals surface area contributed by atoms with Gasteiger partial charge in [-0.1, -0.05) is 5.92 Å². The molecule has 0 atom stereocenters. The van der Waals surface area contributed by atoms with Gasteiger partial charge in [-0.15, -0.1) is 5.92 Å². The fraction of sp³-hybridized carbons (Fsp3) is 0.167. The van der Waals surface area contributed by atoms with E-state index < -0.39 is 0 Å². The third-order valence-corrected chi connectivity index (χ3v) is 2.22. The second kappa shape index (κ2) is 4.49. The third kappa shape index (κ3) is 2.04. The number of rotatable bonds is 2. The van der Waals surface area contributed by atoms with E-state index in [0.29, 0.717) is 12.4 Å². The summed E-state index contributed by atoms with van der Waals surface area (Å²) in [6.45, 7) is 2.46. The largest absolute Gasteiger partial charge is 0.384 e. The first kappa shape index (κ1) is 10.2. The van der Waals surface area contributed by atoms with Crippen LogP contribution < -0.4 is 5.73 Å². The zero-order valence-corrected chi connectivity index (χ0v) is 9.01. The molecule has 0 aliphatic rings. The zero-order chi connectivity index (χ0) is 11.4. The molecule has 0 spiro atoms. The Balaban J connectivity index is 2.35. The fourth-order valence-electron chi connectivity index (χ4n) is 1.41. The Kier molecular flexibility index (Phi) is 2.88. The predicted molar refractivity (Wildman–Crippen MR) is 63.3 cm³/mol. The lowest BCUT2D eigenvalue weighted by molar-refractivity contribution is 0.847. The maximum Gasteiger partial charge on any atom is 0.123 e. The van der Waals surface area contributed by atoms with Crippen LogP contribution in [0.15, 0.2) is 30.9 Å². The second-order valence-electron chi connectivity index (χ2n) is 3.31. The fourth-order valence-corrected chi connectivity index (χ4v) is 1.41. The molecule has 4 nitrogen and oxygen atoms in total. The van der Waals surface area contributed by atoms with Gasteiger partial charge in [0.15, 0.2) is 0 Å². The molecule has 16 heavy (non-hydrogen) atoms. The summed E-state index contributed by atoms with van der Waals surface area (Å²) in [6.07, 6.45) is 5.29. The number of hydrogen-bond acceptors (Lipinski definition) is 3. The van der Waals surface area contributed by atoms with E-state index in [1.807, 2.05) is 17.6 Å². The van der Waals surface area contributed by atoms with Crippen LogP contribution in [0.1, 0.15) is 6.92 Å². The highest BCUT2D eigenvalue weighted by atomic mass is 15.0. The maximum absolute atomic E-state index is 5.54. The van der Waals surface area contributed by atoms with Crippen molar-refractivity contribution in [1.29, 1.82) is 0 Å². The minimum Gasteiger partial charge on any atom is -0.384 e. The van der Waals surface area contributed by atoms with Crippen LogP contribution in [0.2, 0.25) is 0 Å². The van der Waals surface area contributed by atoms with E-state index in [0.717, 1.165) is 11.3 Å². The van der Waals surface area contributed by atoms with Crippen molar-refractivity contribution in [3.8, 4) is 23.1 Å². The Hall–Kier alpha value is -2.28. The summed E-state index contributed by atoms with van der Waals surface area (Å²) in [6, 6.07) is 3.70. The van der Waals surface area contributed by atoms with Crippen LogP contribution >= 0.6 is 0 Å². The van der Waals surface area contributed by atoms with E-state index in [4.69, 9.17) is 5.73 Å². The van der Waals surface area contributed by atoms with Crippen molar-refractivity contribution < 1.29 is 0 Å². The molecule has 0 aromatic carbocycles. The molecule has 0 bridgehead atoms. The topological polar surface area (TPSA) is 56.7 Å². The first-order chi connectivity index (χ1) is 7.81. The van der Waals surface area contributed by atoms with Gasteiger partial charge < -0.3 is 10.3 Å². The summed E-state index contributed by atoms with van der Waals surface area (Å²) in [4.78, 5) is 8.17. The van der Waals surface area contributed by atoms with E-state index in [-0.39, 0.29) is 0 Å². The average molecular weight is 212 g/mol. The Morgan fingerprint density at radius 3 is 2.94 bits per heavy atom. The number of imidazole rings is 1. The number of nitrogens with two attached hydrogens (primary N) is 1. The van der Waals surface area contributed by atoms with E-state index in [2.05, 4.69) is 21.8 Å². The minimum atomic E-state index is 0.517. The summed E-state index contributed by atoms with van der Waals surface area (Å²) in [5.74, 6) is 6.38. The van der Waals surface area contributed by atoms with E-state index in [1.54, 1.807) is 24.8 Å². The van der Waals surface area contributed by atoms with Crippen molar-refractivity contribution in [3.05, 3.63) is 30.9 Å². The van der Waals surface area contributed by atoms with Gasteiger partial charge in [-0.25, -0.2) is 9.97 Å². The van der Waals surface area contributed by atoms with Crippen LogP contribution in [0.3, 0.4) is 0 Å².